The first-order chi connectivity index (χ1) is 8.37. The summed E-state index contributed by atoms with van der Waals surface area (Å²) in [6.07, 6.45) is 2.59. The van der Waals surface area contributed by atoms with Gasteiger partial charge in [-0.2, -0.15) is 0 Å². The molecule has 18 heavy (non-hydrogen) atoms. The molecule has 0 aromatic heterocycles. The number of hydrogen-bond acceptors (Lipinski definition) is 4. The van der Waals surface area contributed by atoms with E-state index in [0.29, 0.717) is 19.3 Å². The molecule has 0 rings (SSSR count). The van der Waals surface area contributed by atoms with Crippen molar-refractivity contribution in [1.29, 1.82) is 0 Å². The van der Waals surface area contributed by atoms with Gasteiger partial charge in [0, 0.05) is 19.3 Å². The molecule has 0 aromatic carbocycles. The predicted octanol–water partition coefficient (Wildman–Crippen LogP) is 2.67. The average molecular weight is 256 g/mol. The zero-order valence-corrected chi connectivity index (χ0v) is 11.9. The fraction of sp³-hybridized carbons (Fsp3) is 0.714. The number of hydrogen-bond donors (Lipinski definition) is 0. The quantitative estimate of drug-likeness (QED) is 0.626. The molecule has 0 spiro atoms. The van der Waals surface area contributed by atoms with Crippen molar-refractivity contribution in [2.75, 3.05) is 0 Å². The van der Waals surface area contributed by atoms with Crippen molar-refractivity contribution in [3.8, 4) is 0 Å². The molecule has 0 radical (unpaired) electrons. The van der Waals surface area contributed by atoms with E-state index in [0.717, 1.165) is 6.42 Å². The molecule has 0 aliphatic heterocycles. The van der Waals surface area contributed by atoms with Crippen molar-refractivity contribution in [2.45, 2.75) is 66.2 Å². The lowest BCUT2D eigenvalue weighted by molar-refractivity contribution is -0.128. The number of Topliss-reactive ketones (excluding diaryl/α,β-unsaturated/α-hetero) is 4. The first-order valence-electron chi connectivity index (χ1n) is 6.41. The fourth-order valence-corrected chi connectivity index (χ4v) is 1.11. The summed E-state index contributed by atoms with van der Waals surface area (Å²) < 4.78 is 0. The highest BCUT2D eigenvalue weighted by Gasteiger charge is 2.03. The van der Waals surface area contributed by atoms with Gasteiger partial charge in [0.25, 0.3) is 0 Å². The van der Waals surface area contributed by atoms with Crippen LogP contribution in [0.15, 0.2) is 0 Å². The number of carbonyl (C=O) groups is 4. The molecular formula is C14H24O4. The Kier molecular flexibility index (Phi) is 12.8. The molecule has 0 atom stereocenters. The average Bonchev–Trinajstić information content (AvgIpc) is 2.28. The molecule has 0 aromatic rings. The van der Waals surface area contributed by atoms with Gasteiger partial charge in [0.2, 0.25) is 0 Å². The second-order valence-electron chi connectivity index (χ2n) is 4.13. The maximum absolute atomic E-state index is 10.6. The smallest absolute Gasteiger partial charge is 0.140 e. The summed E-state index contributed by atoms with van der Waals surface area (Å²) in [6, 6.07) is 0. The Morgan fingerprint density at radius 3 is 1.44 bits per heavy atom. The lowest BCUT2D eigenvalue weighted by Gasteiger charge is -1.91. The lowest BCUT2D eigenvalue weighted by Crippen LogP contribution is -2.04. The molecule has 0 fully saturated rings. The summed E-state index contributed by atoms with van der Waals surface area (Å²) in [6.45, 7) is 6.90. The molecular weight excluding hydrogens is 232 g/mol. The summed E-state index contributed by atoms with van der Waals surface area (Å²) in [5.74, 6) is 0.113. The molecule has 0 aliphatic rings. The van der Waals surface area contributed by atoms with E-state index in [1.807, 2.05) is 6.92 Å². The zero-order valence-electron chi connectivity index (χ0n) is 11.9. The van der Waals surface area contributed by atoms with Gasteiger partial charge < -0.3 is 0 Å². The Balaban J connectivity index is 0. The van der Waals surface area contributed by atoms with Crippen LogP contribution in [0.1, 0.15) is 66.2 Å². The standard InChI is InChI=1S/2C7H12O2/c1-3-4-7(9)5-6(2)8;1-3-6(8)5-7(9)4-2/h2*3-5H2,1-2H3. The van der Waals surface area contributed by atoms with Crippen LogP contribution in [0.4, 0.5) is 0 Å². The summed E-state index contributed by atoms with van der Waals surface area (Å²) in [4.78, 5) is 42.1. The van der Waals surface area contributed by atoms with Gasteiger partial charge in [-0.1, -0.05) is 20.8 Å². The van der Waals surface area contributed by atoms with Gasteiger partial charge in [-0.05, 0) is 13.3 Å². The maximum Gasteiger partial charge on any atom is 0.140 e. The largest absolute Gasteiger partial charge is 0.300 e. The van der Waals surface area contributed by atoms with Gasteiger partial charge in [-0.25, -0.2) is 0 Å². The molecule has 0 heterocycles. The van der Waals surface area contributed by atoms with E-state index in [9.17, 15) is 19.2 Å². The highest BCUT2D eigenvalue weighted by Crippen LogP contribution is 1.94. The van der Waals surface area contributed by atoms with Gasteiger partial charge in [-0.3, -0.25) is 19.2 Å². The minimum atomic E-state index is -0.0338. The van der Waals surface area contributed by atoms with Crippen LogP contribution < -0.4 is 0 Å². The highest BCUT2D eigenvalue weighted by molar-refractivity contribution is 5.98. The van der Waals surface area contributed by atoms with Crippen LogP contribution >= 0.6 is 0 Å². The number of ketones is 4. The summed E-state index contributed by atoms with van der Waals surface area (Å²) in [5.41, 5.74) is 0. The Hall–Kier alpha value is -1.32. The Labute approximate surface area is 109 Å². The maximum atomic E-state index is 10.6. The van der Waals surface area contributed by atoms with E-state index >= 15 is 0 Å². The van der Waals surface area contributed by atoms with Crippen molar-refractivity contribution in [2.24, 2.45) is 0 Å². The second kappa shape index (κ2) is 12.1. The van der Waals surface area contributed by atoms with Crippen LogP contribution in [0.25, 0.3) is 0 Å². The monoisotopic (exact) mass is 256 g/mol. The SMILES string of the molecule is CCC(=O)CC(=O)CC.CCCC(=O)CC(C)=O. The Bertz CT molecular complexity index is 278. The molecule has 0 bridgehead atoms. The third kappa shape index (κ3) is 14.7. The van der Waals surface area contributed by atoms with E-state index in [-0.39, 0.29) is 36.0 Å². The lowest BCUT2D eigenvalue weighted by atomic mass is 10.1. The Morgan fingerprint density at radius 1 is 0.722 bits per heavy atom. The predicted molar refractivity (Wildman–Crippen MR) is 70.4 cm³/mol. The van der Waals surface area contributed by atoms with Crippen molar-refractivity contribution in [1.82, 2.24) is 0 Å². The molecule has 104 valence electrons. The van der Waals surface area contributed by atoms with Crippen LogP contribution in [-0.4, -0.2) is 23.1 Å². The van der Waals surface area contributed by atoms with Crippen molar-refractivity contribution in [3.05, 3.63) is 0 Å². The van der Waals surface area contributed by atoms with Crippen molar-refractivity contribution >= 4 is 23.1 Å². The normalized spacial score (nSPS) is 9.11. The van der Waals surface area contributed by atoms with Crippen LogP contribution in [0, 0.1) is 0 Å². The van der Waals surface area contributed by atoms with Crippen LogP contribution in [0.2, 0.25) is 0 Å². The van der Waals surface area contributed by atoms with Gasteiger partial charge in [-0.15, -0.1) is 0 Å². The summed E-state index contributed by atoms with van der Waals surface area (Å²) in [5, 5.41) is 0. The minimum absolute atomic E-state index is 0.0338. The zero-order chi connectivity index (χ0) is 14.6. The van der Waals surface area contributed by atoms with Gasteiger partial charge >= 0.3 is 0 Å². The van der Waals surface area contributed by atoms with Gasteiger partial charge in [0.1, 0.15) is 23.1 Å². The first kappa shape index (κ1) is 19.0. The molecule has 0 saturated heterocycles. The summed E-state index contributed by atoms with van der Waals surface area (Å²) >= 11 is 0. The first-order valence-corrected chi connectivity index (χ1v) is 6.41. The highest BCUT2D eigenvalue weighted by atomic mass is 16.2. The molecule has 0 saturated carbocycles. The van der Waals surface area contributed by atoms with E-state index in [2.05, 4.69) is 0 Å². The van der Waals surface area contributed by atoms with E-state index in [1.165, 1.54) is 6.92 Å². The van der Waals surface area contributed by atoms with Crippen LogP contribution in [0.3, 0.4) is 0 Å². The minimum Gasteiger partial charge on any atom is -0.300 e. The molecule has 0 unspecified atom stereocenters. The van der Waals surface area contributed by atoms with Crippen LogP contribution in [0.5, 0.6) is 0 Å². The van der Waals surface area contributed by atoms with E-state index in [1.54, 1.807) is 13.8 Å². The summed E-state index contributed by atoms with van der Waals surface area (Å²) in [7, 11) is 0. The molecule has 0 N–H and O–H groups in total. The van der Waals surface area contributed by atoms with Gasteiger partial charge in [0.15, 0.2) is 0 Å². The molecule has 0 amide bonds. The third-order valence-electron chi connectivity index (χ3n) is 2.16. The molecule has 4 nitrogen and oxygen atoms in total. The third-order valence-corrected chi connectivity index (χ3v) is 2.16. The van der Waals surface area contributed by atoms with Crippen LogP contribution in [-0.2, 0) is 19.2 Å². The van der Waals surface area contributed by atoms with Crippen molar-refractivity contribution < 1.29 is 19.2 Å². The second-order valence-corrected chi connectivity index (χ2v) is 4.13. The van der Waals surface area contributed by atoms with E-state index in [4.69, 9.17) is 0 Å². The number of carbonyl (C=O) groups excluding carboxylic acids is 4. The number of rotatable bonds is 8. The Morgan fingerprint density at radius 2 is 1.17 bits per heavy atom. The van der Waals surface area contributed by atoms with Crippen molar-refractivity contribution in [3.63, 3.8) is 0 Å². The van der Waals surface area contributed by atoms with Gasteiger partial charge in [0.05, 0.1) is 12.8 Å². The molecule has 0 aliphatic carbocycles. The molecule has 4 heteroatoms. The topological polar surface area (TPSA) is 68.3 Å². The van der Waals surface area contributed by atoms with E-state index < -0.39 is 0 Å². The fourth-order valence-electron chi connectivity index (χ4n) is 1.11.